The molecule has 0 bridgehead atoms. The van der Waals surface area contributed by atoms with Gasteiger partial charge in [0, 0.05) is 37.0 Å². The van der Waals surface area contributed by atoms with Crippen molar-refractivity contribution in [1.29, 1.82) is 0 Å². The summed E-state index contributed by atoms with van der Waals surface area (Å²) < 4.78 is 0. The van der Waals surface area contributed by atoms with Gasteiger partial charge in [-0.15, -0.1) is 11.3 Å². The minimum absolute atomic E-state index is 0.365. The van der Waals surface area contributed by atoms with Gasteiger partial charge in [-0.3, -0.25) is 4.79 Å². The molecule has 1 unspecified atom stereocenters. The molecule has 2 aliphatic rings. The molecule has 1 amide bonds. The van der Waals surface area contributed by atoms with Crippen molar-refractivity contribution in [2.24, 2.45) is 5.92 Å². The lowest BCUT2D eigenvalue weighted by atomic mass is 10.1. The van der Waals surface area contributed by atoms with E-state index in [0.717, 1.165) is 50.5 Å². The molecule has 1 atom stereocenters. The summed E-state index contributed by atoms with van der Waals surface area (Å²) >= 11 is 1.74. The van der Waals surface area contributed by atoms with Crippen LogP contribution < -0.4 is 5.32 Å². The molecule has 21 heavy (non-hydrogen) atoms. The highest BCUT2D eigenvalue weighted by atomic mass is 32.1. The Bertz CT molecular complexity index is 484. The third-order valence-corrected chi connectivity index (χ3v) is 5.61. The molecule has 116 valence electrons. The third kappa shape index (κ3) is 4.27. The zero-order chi connectivity index (χ0) is 14.7. The predicted octanol–water partition coefficient (Wildman–Crippen LogP) is 2.37. The Morgan fingerprint density at radius 2 is 2.24 bits per heavy atom. The van der Waals surface area contributed by atoms with Gasteiger partial charge < -0.3 is 10.2 Å². The van der Waals surface area contributed by atoms with Crippen LogP contribution in [-0.2, 0) is 11.2 Å². The summed E-state index contributed by atoms with van der Waals surface area (Å²) in [7, 11) is 0. The van der Waals surface area contributed by atoms with E-state index in [1.54, 1.807) is 11.3 Å². The lowest BCUT2D eigenvalue weighted by Gasteiger charge is -2.20. The van der Waals surface area contributed by atoms with Crippen molar-refractivity contribution in [1.82, 2.24) is 15.2 Å². The van der Waals surface area contributed by atoms with Crippen LogP contribution in [0.5, 0.6) is 0 Å². The van der Waals surface area contributed by atoms with Gasteiger partial charge in [-0.25, -0.2) is 4.98 Å². The van der Waals surface area contributed by atoms with Gasteiger partial charge in [0.25, 0.3) is 0 Å². The Balaban J connectivity index is 1.42. The van der Waals surface area contributed by atoms with Gasteiger partial charge in [0.2, 0.25) is 5.91 Å². The maximum Gasteiger partial charge on any atom is 0.222 e. The van der Waals surface area contributed by atoms with Gasteiger partial charge in [-0.05, 0) is 44.9 Å². The zero-order valence-corrected chi connectivity index (χ0v) is 13.6. The highest BCUT2D eigenvalue weighted by Crippen LogP contribution is 2.30. The molecule has 4 nitrogen and oxygen atoms in total. The van der Waals surface area contributed by atoms with Crippen molar-refractivity contribution in [2.75, 3.05) is 19.6 Å². The summed E-state index contributed by atoms with van der Waals surface area (Å²) in [6.07, 6.45) is 6.48. The van der Waals surface area contributed by atoms with E-state index in [0.29, 0.717) is 18.4 Å². The standard InChI is InChI=1S/C16H25N3OS/c1-12-15(21-11-18-12)6-8-17-14-4-5-16(20)19(9-7-14)10-13-2-3-13/h11,13-14,17H,2-10H2,1H3. The summed E-state index contributed by atoms with van der Waals surface area (Å²) in [4.78, 5) is 19.9. The van der Waals surface area contributed by atoms with Gasteiger partial charge in [-0.1, -0.05) is 0 Å². The number of hydrogen-bond donors (Lipinski definition) is 1. The molecule has 1 aromatic rings. The Labute approximate surface area is 130 Å². The first kappa shape index (κ1) is 15.0. The smallest absolute Gasteiger partial charge is 0.222 e. The average Bonchev–Trinajstić information content (AvgIpc) is 3.23. The minimum atomic E-state index is 0.365. The van der Waals surface area contributed by atoms with Gasteiger partial charge in [0.1, 0.15) is 0 Å². The quantitative estimate of drug-likeness (QED) is 0.877. The molecule has 0 spiro atoms. The molecule has 1 saturated heterocycles. The minimum Gasteiger partial charge on any atom is -0.342 e. The molecule has 1 aliphatic heterocycles. The number of thiazole rings is 1. The zero-order valence-electron chi connectivity index (χ0n) is 12.8. The second-order valence-electron chi connectivity index (χ2n) is 6.37. The Hall–Kier alpha value is -0.940. The fourth-order valence-electron chi connectivity index (χ4n) is 3.00. The van der Waals surface area contributed by atoms with E-state index in [9.17, 15) is 4.79 Å². The predicted molar refractivity (Wildman–Crippen MR) is 85.5 cm³/mol. The second-order valence-corrected chi connectivity index (χ2v) is 7.31. The van der Waals surface area contributed by atoms with Crippen LogP contribution in [0.25, 0.3) is 0 Å². The van der Waals surface area contributed by atoms with Gasteiger partial charge >= 0.3 is 0 Å². The van der Waals surface area contributed by atoms with Crippen LogP contribution in [0.1, 0.15) is 42.7 Å². The molecule has 1 aliphatic carbocycles. The molecular formula is C16H25N3OS. The number of aromatic nitrogens is 1. The van der Waals surface area contributed by atoms with Crippen molar-refractivity contribution in [3.05, 3.63) is 16.1 Å². The van der Waals surface area contributed by atoms with Crippen LogP contribution >= 0.6 is 11.3 Å². The Morgan fingerprint density at radius 1 is 1.38 bits per heavy atom. The summed E-state index contributed by atoms with van der Waals surface area (Å²) in [5.41, 5.74) is 3.08. The SMILES string of the molecule is Cc1ncsc1CCNC1CCC(=O)N(CC2CC2)CC1. The number of nitrogens with one attached hydrogen (secondary N) is 1. The summed E-state index contributed by atoms with van der Waals surface area (Å²) in [5.74, 6) is 1.16. The van der Waals surface area contributed by atoms with Gasteiger partial charge in [0.05, 0.1) is 11.2 Å². The maximum absolute atomic E-state index is 12.1. The molecule has 0 radical (unpaired) electrons. The van der Waals surface area contributed by atoms with Crippen molar-refractivity contribution >= 4 is 17.2 Å². The number of carbonyl (C=O) groups is 1. The Kier molecular flexibility index (Phi) is 4.91. The van der Waals surface area contributed by atoms with Crippen LogP contribution in [0.15, 0.2) is 5.51 Å². The highest BCUT2D eigenvalue weighted by Gasteiger charge is 2.28. The molecule has 0 aromatic carbocycles. The van der Waals surface area contributed by atoms with Crippen molar-refractivity contribution in [2.45, 2.75) is 51.5 Å². The van der Waals surface area contributed by atoms with Crippen LogP contribution in [0.4, 0.5) is 0 Å². The topological polar surface area (TPSA) is 45.2 Å². The first-order valence-electron chi connectivity index (χ1n) is 8.12. The molecule has 3 rings (SSSR count). The van der Waals surface area contributed by atoms with Crippen LogP contribution in [0, 0.1) is 12.8 Å². The first-order chi connectivity index (χ1) is 10.2. The molecule has 1 saturated carbocycles. The second kappa shape index (κ2) is 6.88. The average molecular weight is 307 g/mol. The lowest BCUT2D eigenvalue weighted by Crippen LogP contribution is -2.34. The van der Waals surface area contributed by atoms with Crippen LogP contribution in [0.3, 0.4) is 0 Å². The number of amides is 1. The van der Waals surface area contributed by atoms with Crippen molar-refractivity contribution in [3.63, 3.8) is 0 Å². The summed E-state index contributed by atoms with van der Waals surface area (Å²) in [6.45, 7) is 5.01. The largest absolute Gasteiger partial charge is 0.342 e. The number of hydrogen-bond acceptors (Lipinski definition) is 4. The van der Waals surface area contributed by atoms with E-state index in [-0.39, 0.29) is 0 Å². The number of nitrogens with zero attached hydrogens (tertiary/aromatic N) is 2. The molecule has 1 N–H and O–H groups in total. The maximum atomic E-state index is 12.1. The van der Waals surface area contributed by atoms with E-state index in [1.165, 1.54) is 17.7 Å². The first-order valence-corrected chi connectivity index (χ1v) is 9.00. The third-order valence-electron chi connectivity index (χ3n) is 4.61. The van der Waals surface area contributed by atoms with Crippen LogP contribution in [0.2, 0.25) is 0 Å². The number of rotatable bonds is 6. The number of carbonyl (C=O) groups excluding carboxylic acids is 1. The fraction of sp³-hybridized carbons (Fsp3) is 0.750. The number of aryl methyl sites for hydroxylation is 1. The van der Waals surface area contributed by atoms with E-state index in [4.69, 9.17) is 0 Å². The summed E-state index contributed by atoms with van der Waals surface area (Å²) in [5, 5.41) is 3.64. The normalized spacial score (nSPS) is 23.4. The van der Waals surface area contributed by atoms with Gasteiger partial charge in [-0.2, -0.15) is 0 Å². The van der Waals surface area contributed by atoms with E-state index in [2.05, 4.69) is 22.1 Å². The molecule has 1 aromatic heterocycles. The molecular weight excluding hydrogens is 282 g/mol. The van der Waals surface area contributed by atoms with E-state index in [1.807, 2.05) is 5.51 Å². The molecule has 2 fully saturated rings. The van der Waals surface area contributed by atoms with Crippen molar-refractivity contribution in [3.8, 4) is 0 Å². The fourth-order valence-corrected chi connectivity index (χ4v) is 3.78. The lowest BCUT2D eigenvalue weighted by molar-refractivity contribution is -0.130. The van der Waals surface area contributed by atoms with E-state index >= 15 is 0 Å². The number of likely N-dealkylation sites (tertiary alicyclic amines) is 1. The van der Waals surface area contributed by atoms with E-state index < -0.39 is 0 Å². The van der Waals surface area contributed by atoms with Gasteiger partial charge in [0.15, 0.2) is 0 Å². The molecule has 5 heteroatoms. The summed E-state index contributed by atoms with van der Waals surface area (Å²) in [6, 6.07) is 0.492. The van der Waals surface area contributed by atoms with Crippen LogP contribution in [-0.4, -0.2) is 41.5 Å². The Morgan fingerprint density at radius 3 is 2.95 bits per heavy atom. The highest BCUT2D eigenvalue weighted by molar-refractivity contribution is 7.09. The molecule has 2 heterocycles. The monoisotopic (exact) mass is 307 g/mol. The van der Waals surface area contributed by atoms with Crippen molar-refractivity contribution < 1.29 is 4.79 Å².